The molecule has 21 heavy (non-hydrogen) atoms. The van der Waals surface area contributed by atoms with Gasteiger partial charge in [-0.2, -0.15) is 0 Å². The van der Waals surface area contributed by atoms with Crippen LogP contribution in [0.25, 0.3) is 11.4 Å². The minimum Gasteiger partial charge on any atom is -0.397 e. The second-order valence-corrected chi connectivity index (χ2v) is 5.72. The van der Waals surface area contributed by atoms with Gasteiger partial charge in [-0.25, -0.2) is 0 Å². The van der Waals surface area contributed by atoms with E-state index in [-0.39, 0.29) is 0 Å². The van der Waals surface area contributed by atoms with Crippen LogP contribution >= 0.6 is 0 Å². The number of nitrogens with zero attached hydrogens (tertiary/aromatic N) is 1. The van der Waals surface area contributed by atoms with Crippen LogP contribution < -0.4 is 16.4 Å². The highest BCUT2D eigenvalue weighted by molar-refractivity contribution is 5.93. The maximum Gasteiger partial charge on any atom is 0.0648 e. The molecule has 2 aromatic carbocycles. The summed E-state index contributed by atoms with van der Waals surface area (Å²) in [6.45, 7) is 5.23. The van der Waals surface area contributed by atoms with E-state index in [0.29, 0.717) is 17.4 Å². The van der Waals surface area contributed by atoms with Crippen LogP contribution in [0.3, 0.4) is 0 Å². The fourth-order valence-electron chi connectivity index (χ4n) is 2.89. The largest absolute Gasteiger partial charge is 0.397 e. The molecule has 0 radical (unpaired) electrons. The lowest BCUT2D eigenvalue weighted by Gasteiger charge is -2.33. The van der Waals surface area contributed by atoms with Gasteiger partial charge in [0.05, 0.1) is 11.4 Å². The molecule has 0 atom stereocenters. The van der Waals surface area contributed by atoms with E-state index < -0.39 is 0 Å². The van der Waals surface area contributed by atoms with Gasteiger partial charge in [0.2, 0.25) is 0 Å². The molecule has 0 bridgehead atoms. The first-order chi connectivity index (χ1) is 10.1. The number of para-hydroxylation sites is 1. The van der Waals surface area contributed by atoms with E-state index in [0.717, 1.165) is 23.4 Å². The summed E-state index contributed by atoms with van der Waals surface area (Å²) >= 11 is 0. The maximum atomic E-state index is 6.36. The van der Waals surface area contributed by atoms with Gasteiger partial charge >= 0.3 is 0 Å². The first-order valence-corrected chi connectivity index (χ1v) is 7.29. The van der Waals surface area contributed by atoms with Crippen LogP contribution in [0.1, 0.15) is 30.5 Å². The maximum absolute atomic E-state index is 6.36. The van der Waals surface area contributed by atoms with Crippen LogP contribution in [0.2, 0.25) is 0 Å². The van der Waals surface area contributed by atoms with Gasteiger partial charge in [-0.1, -0.05) is 42.5 Å². The van der Waals surface area contributed by atoms with Crippen LogP contribution in [0.5, 0.6) is 0 Å². The monoisotopic (exact) mass is 279 g/mol. The van der Waals surface area contributed by atoms with E-state index in [9.17, 15) is 0 Å². The van der Waals surface area contributed by atoms with Crippen molar-refractivity contribution in [3.63, 3.8) is 0 Å². The first kappa shape index (κ1) is 13.6. The summed E-state index contributed by atoms with van der Waals surface area (Å²) in [5.41, 5.74) is 18.4. The van der Waals surface area contributed by atoms with Gasteiger partial charge in [-0.05, 0) is 25.5 Å². The first-order valence-electron chi connectivity index (χ1n) is 7.29. The predicted octanol–water partition coefficient (Wildman–Crippen LogP) is 3.16. The predicted molar refractivity (Wildman–Crippen MR) is 89.4 cm³/mol. The lowest BCUT2D eigenvalue weighted by Crippen LogP contribution is -2.33. The summed E-state index contributed by atoms with van der Waals surface area (Å²) in [7, 11) is 0. The van der Waals surface area contributed by atoms with Crippen LogP contribution in [0.15, 0.2) is 48.5 Å². The van der Waals surface area contributed by atoms with E-state index in [2.05, 4.69) is 30.9 Å². The summed E-state index contributed by atoms with van der Waals surface area (Å²) in [5, 5.41) is 0. The zero-order valence-electron chi connectivity index (χ0n) is 12.5. The summed E-state index contributed by atoms with van der Waals surface area (Å²) in [6, 6.07) is 16.8. The Kier molecular flexibility index (Phi) is 3.34. The van der Waals surface area contributed by atoms with Crippen LogP contribution in [-0.2, 0) is 6.54 Å². The highest BCUT2D eigenvalue weighted by Crippen LogP contribution is 2.34. The lowest BCUT2D eigenvalue weighted by atomic mass is 9.96. The Bertz CT molecular complexity index is 701. The summed E-state index contributed by atoms with van der Waals surface area (Å²) in [5.74, 6) is 0. The molecule has 3 nitrogen and oxygen atoms in total. The Labute approximate surface area is 125 Å². The Balaban J connectivity index is 2.31. The Hall–Kier alpha value is -2.42. The SMILES string of the molecule is CC(C)N1Cc2ccccc2/C(N)=C(/N)c2ccccc21. The zero-order chi connectivity index (χ0) is 15.0. The fraction of sp³-hybridized carbons (Fsp3) is 0.222. The van der Waals surface area contributed by atoms with Gasteiger partial charge in [0.15, 0.2) is 0 Å². The number of hydrogen-bond donors (Lipinski definition) is 2. The molecule has 3 rings (SSSR count). The topological polar surface area (TPSA) is 55.3 Å². The molecule has 1 aliphatic heterocycles. The summed E-state index contributed by atoms with van der Waals surface area (Å²) in [4.78, 5) is 2.37. The lowest BCUT2D eigenvalue weighted by molar-refractivity contribution is 0.680. The van der Waals surface area contributed by atoms with Crippen molar-refractivity contribution in [2.45, 2.75) is 26.4 Å². The van der Waals surface area contributed by atoms with E-state index in [4.69, 9.17) is 11.5 Å². The average Bonchev–Trinajstić information content (AvgIpc) is 2.50. The van der Waals surface area contributed by atoms with Gasteiger partial charge in [-0.15, -0.1) is 0 Å². The standard InChI is InChI=1S/C18H21N3/c1-12(2)21-11-13-7-3-4-8-14(13)17(19)18(20)15-9-5-6-10-16(15)21/h3-10,12H,11,19-20H2,1-2H3/b18-17-. The number of nitrogens with two attached hydrogens (primary N) is 2. The van der Waals surface area contributed by atoms with Crippen molar-refractivity contribution in [1.29, 1.82) is 0 Å². The van der Waals surface area contributed by atoms with Crippen molar-refractivity contribution in [2.75, 3.05) is 4.90 Å². The second kappa shape index (κ2) is 5.17. The normalized spacial score (nSPS) is 18.0. The van der Waals surface area contributed by atoms with Gasteiger partial charge in [0.1, 0.15) is 0 Å². The molecule has 4 N–H and O–H groups in total. The third-order valence-electron chi connectivity index (χ3n) is 4.07. The van der Waals surface area contributed by atoms with Crippen molar-refractivity contribution in [3.05, 3.63) is 65.2 Å². The number of rotatable bonds is 1. The van der Waals surface area contributed by atoms with Crippen molar-refractivity contribution < 1.29 is 0 Å². The minimum absolute atomic E-state index is 0.381. The molecular formula is C18H21N3. The highest BCUT2D eigenvalue weighted by atomic mass is 15.2. The molecular weight excluding hydrogens is 258 g/mol. The van der Waals surface area contributed by atoms with E-state index in [1.807, 2.05) is 36.4 Å². The van der Waals surface area contributed by atoms with Gasteiger partial charge < -0.3 is 16.4 Å². The molecule has 0 saturated carbocycles. The average molecular weight is 279 g/mol. The van der Waals surface area contributed by atoms with Crippen LogP contribution in [-0.4, -0.2) is 6.04 Å². The molecule has 0 amide bonds. The van der Waals surface area contributed by atoms with E-state index in [1.165, 1.54) is 5.56 Å². The van der Waals surface area contributed by atoms with Crippen LogP contribution in [0.4, 0.5) is 5.69 Å². The number of anilines is 1. The second-order valence-electron chi connectivity index (χ2n) is 5.72. The fourth-order valence-corrected chi connectivity index (χ4v) is 2.89. The Morgan fingerprint density at radius 1 is 0.857 bits per heavy atom. The molecule has 1 heterocycles. The quantitative estimate of drug-likeness (QED) is 0.843. The van der Waals surface area contributed by atoms with Crippen molar-refractivity contribution in [3.8, 4) is 0 Å². The van der Waals surface area contributed by atoms with E-state index >= 15 is 0 Å². The number of fused-ring (bicyclic) bond motifs is 2. The summed E-state index contributed by atoms with van der Waals surface area (Å²) in [6.07, 6.45) is 0. The van der Waals surface area contributed by atoms with E-state index in [1.54, 1.807) is 0 Å². The van der Waals surface area contributed by atoms with Gasteiger partial charge in [0.25, 0.3) is 0 Å². The molecule has 108 valence electrons. The molecule has 0 aliphatic carbocycles. The molecule has 1 aliphatic rings. The number of hydrogen-bond acceptors (Lipinski definition) is 3. The Morgan fingerprint density at radius 3 is 2.14 bits per heavy atom. The molecule has 0 fully saturated rings. The van der Waals surface area contributed by atoms with Gasteiger partial charge in [0, 0.05) is 29.4 Å². The molecule has 3 heteroatoms. The minimum atomic E-state index is 0.381. The molecule has 0 spiro atoms. The van der Waals surface area contributed by atoms with Crippen molar-refractivity contribution >= 4 is 17.1 Å². The molecule has 0 saturated heterocycles. The molecule has 0 unspecified atom stereocenters. The molecule has 2 aromatic rings. The zero-order valence-corrected chi connectivity index (χ0v) is 12.5. The van der Waals surface area contributed by atoms with Crippen molar-refractivity contribution in [2.24, 2.45) is 11.5 Å². The van der Waals surface area contributed by atoms with Crippen LogP contribution in [0, 0.1) is 0 Å². The third-order valence-corrected chi connectivity index (χ3v) is 4.07. The third kappa shape index (κ3) is 2.25. The Morgan fingerprint density at radius 2 is 1.43 bits per heavy atom. The van der Waals surface area contributed by atoms with Crippen molar-refractivity contribution in [1.82, 2.24) is 0 Å². The smallest absolute Gasteiger partial charge is 0.0648 e. The highest BCUT2D eigenvalue weighted by Gasteiger charge is 2.22. The number of benzene rings is 2. The van der Waals surface area contributed by atoms with Gasteiger partial charge in [-0.3, -0.25) is 0 Å². The summed E-state index contributed by atoms with van der Waals surface area (Å²) < 4.78 is 0. The molecule has 0 aromatic heterocycles.